The molecule has 1 aromatic carbocycles. The summed E-state index contributed by atoms with van der Waals surface area (Å²) in [7, 11) is 0. The lowest BCUT2D eigenvalue weighted by molar-refractivity contribution is -0.142. The molecule has 0 bridgehead atoms. The molecule has 1 unspecified atom stereocenters. The Balaban J connectivity index is 2.82. The third-order valence-electron chi connectivity index (χ3n) is 2.34. The van der Waals surface area contributed by atoms with E-state index in [0.717, 1.165) is 4.90 Å². The maximum Gasteiger partial charge on any atom is 0.306 e. The molecule has 0 amide bonds. The standard InChI is InChI=1S/C13H18O3S/c1-9(2)17-11-6-4-10(5-7-11)13(3,16)8-12(14)15/h4-7,9,16H,8H2,1-3H3,(H,14,15). The molecule has 1 rings (SSSR count). The Kier molecular flexibility index (Phi) is 4.60. The second-order valence-corrected chi connectivity index (χ2v) is 6.19. The summed E-state index contributed by atoms with van der Waals surface area (Å²) in [5, 5.41) is 19.3. The first-order chi connectivity index (χ1) is 7.81. The zero-order valence-electron chi connectivity index (χ0n) is 10.3. The van der Waals surface area contributed by atoms with Gasteiger partial charge in [0.15, 0.2) is 0 Å². The molecule has 0 aliphatic rings. The molecule has 0 radical (unpaired) electrons. The van der Waals surface area contributed by atoms with E-state index in [1.165, 1.54) is 6.92 Å². The van der Waals surface area contributed by atoms with Gasteiger partial charge in [-0.25, -0.2) is 0 Å². The van der Waals surface area contributed by atoms with Gasteiger partial charge in [0.2, 0.25) is 0 Å². The van der Waals surface area contributed by atoms with Gasteiger partial charge in [0.1, 0.15) is 0 Å². The number of carboxylic acid groups (broad SMARTS) is 1. The van der Waals surface area contributed by atoms with Crippen molar-refractivity contribution in [3.8, 4) is 0 Å². The first-order valence-corrected chi connectivity index (χ1v) is 6.40. The Labute approximate surface area is 106 Å². The second kappa shape index (κ2) is 5.56. The van der Waals surface area contributed by atoms with Gasteiger partial charge in [-0.2, -0.15) is 0 Å². The Morgan fingerprint density at radius 3 is 2.29 bits per heavy atom. The molecule has 4 heteroatoms. The fourth-order valence-electron chi connectivity index (χ4n) is 1.56. The van der Waals surface area contributed by atoms with Gasteiger partial charge in [0.25, 0.3) is 0 Å². The summed E-state index contributed by atoms with van der Waals surface area (Å²) in [4.78, 5) is 11.8. The minimum Gasteiger partial charge on any atom is -0.481 e. The third kappa shape index (κ3) is 4.40. The van der Waals surface area contributed by atoms with Crippen molar-refractivity contribution in [2.75, 3.05) is 0 Å². The lowest BCUT2D eigenvalue weighted by Gasteiger charge is -2.21. The van der Waals surface area contributed by atoms with E-state index in [1.54, 1.807) is 23.9 Å². The highest BCUT2D eigenvalue weighted by Gasteiger charge is 2.26. The molecule has 2 N–H and O–H groups in total. The fourth-order valence-corrected chi connectivity index (χ4v) is 2.40. The minimum absolute atomic E-state index is 0.288. The quantitative estimate of drug-likeness (QED) is 0.793. The monoisotopic (exact) mass is 254 g/mol. The molecule has 0 aliphatic heterocycles. The molecule has 94 valence electrons. The summed E-state index contributed by atoms with van der Waals surface area (Å²) >= 11 is 1.73. The second-order valence-electron chi connectivity index (χ2n) is 4.54. The van der Waals surface area contributed by atoms with E-state index in [2.05, 4.69) is 13.8 Å². The van der Waals surface area contributed by atoms with E-state index in [1.807, 2.05) is 12.1 Å². The Morgan fingerprint density at radius 2 is 1.88 bits per heavy atom. The number of aliphatic carboxylic acids is 1. The average Bonchev–Trinajstić information content (AvgIpc) is 2.15. The van der Waals surface area contributed by atoms with Gasteiger partial charge >= 0.3 is 5.97 Å². The number of carbonyl (C=O) groups is 1. The molecule has 17 heavy (non-hydrogen) atoms. The van der Waals surface area contributed by atoms with Crippen molar-refractivity contribution >= 4 is 17.7 Å². The van der Waals surface area contributed by atoms with Crippen LogP contribution in [0.2, 0.25) is 0 Å². The van der Waals surface area contributed by atoms with Crippen LogP contribution in [0.25, 0.3) is 0 Å². The highest BCUT2D eigenvalue weighted by Crippen LogP contribution is 2.28. The molecule has 1 atom stereocenters. The van der Waals surface area contributed by atoms with Crippen molar-refractivity contribution in [2.45, 2.75) is 42.9 Å². The highest BCUT2D eigenvalue weighted by molar-refractivity contribution is 7.99. The normalized spacial score (nSPS) is 14.6. The molecule has 3 nitrogen and oxygen atoms in total. The lowest BCUT2D eigenvalue weighted by atomic mass is 9.93. The van der Waals surface area contributed by atoms with Crippen molar-refractivity contribution in [1.29, 1.82) is 0 Å². The molecule has 0 aliphatic carbocycles. The maximum absolute atomic E-state index is 10.6. The summed E-state index contributed by atoms with van der Waals surface area (Å²) in [6.07, 6.45) is -0.288. The van der Waals surface area contributed by atoms with Crippen LogP contribution in [0.4, 0.5) is 0 Å². The van der Waals surface area contributed by atoms with Crippen LogP contribution in [0.15, 0.2) is 29.2 Å². The maximum atomic E-state index is 10.6. The van der Waals surface area contributed by atoms with Crippen LogP contribution in [0.3, 0.4) is 0 Å². The number of benzene rings is 1. The van der Waals surface area contributed by atoms with E-state index in [4.69, 9.17) is 5.11 Å². The lowest BCUT2D eigenvalue weighted by Crippen LogP contribution is -2.24. The molecule has 0 saturated carbocycles. The van der Waals surface area contributed by atoms with Gasteiger partial charge in [0, 0.05) is 10.1 Å². The zero-order chi connectivity index (χ0) is 13.1. The first-order valence-electron chi connectivity index (χ1n) is 5.52. The first kappa shape index (κ1) is 14.1. The van der Waals surface area contributed by atoms with Crippen LogP contribution in [-0.2, 0) is 10.4 Å². The van der Waals surface area contributed by atoms with Gasteiger partial charge < -0.3 is 10.2 Å². The van der Waals surface area contributed by atoms with Crippen LogP contribution in [0, 0.1) is 0 Å². The smallest absolute Gasteiger partial charge is 0.306 e. The van der Waals surface area contributed by atoms with E-state index in [0.29, 0.717) is 10.8 Å². The number of carboxylic acids is 1. The van der Waals surface area contributed by atoms with Crippen LogP contribution in [-0.4, -0.2) is 21.4 Å². The van der Waals surface area contributed by atoms with Crippen LogP contribution in [0.1, 0.15) is 32.8 Å². The molecule has 0 fully saturated rings. The zero-order valence-corrected chi connectivity index (χ0v) is 11.1. The van der Waals surface area contributed by atoms with Gasteiger partial charge in [-0.3, -0.25) is 4.79 Å². The van der Waals surface area contributed by atoms with Crippen molar-refractivity contribution in [3.05, 3.63) is 29.8 Å². The van der Waals surface area contributed by atoms with Gasteiger partial charge in [-0.1, -0.05) is 26.0 Å². The topological polar surface area (TPSA) is 57.5 Å². The predicted molar refractivity (Wildman–Crippen MR) is 69.3 cm³/mol. The number of hydrogen-bond donors (Lipinski definition) is 2. The Bertz CT molecular complexity index is 382. The van der Waals surface area contributed by atoms with E-state index >= 15 is 0 Å². The van der Waals surface area contributed by atoms with Crippen molar-refractivity contribution in [1.82, 2.24) is 0 Å². The Morgan fingerprint density at radius 1 is 1.35 bits per heavy atom. The SMILES string of the molecule is CC(C)Sc1ccc(C(C)(O)CC(=O)O)cc1. The van der Waals surface area contributed by atoms with E-state index in [-0.39, 0.29) is 6.42 Å². The van der Waals surface area contributed by atoms with Gasteiger partial charge in [0.05, 0.1) is 12.0 Å². The number of rotatable bonds is 5. The minimum atomic E-state index is -1.31. The number of aliphatic hydroxyl groups is 1. The van der Waals surface area contributed by atoms with Crippen molar-refractivity contribution in [2.24, 2.45) is 0 Å². The summed E-state index contributed by atoms with van der Waals surface area (Å²) in [5.41, 5.74) is -0.680. The van der Waals surface area contributed by atoms with E-state index < -0.39 is 11.6 Å². The molecule has 1 aromatic rings. The third-order valence-corrected chi connectivity index (χ3v) is 3.36. The van der Waals surface area contributed by atoms with Crippen LogP contribution >= 0.6 is 11.8 Å². The molecule has 0 spiro atoms. The van der Waals surface area contributed by atoms with Gasteiger partial charge in [-0.05, 0) is 24.6 Å². The molecular formula is C13H18O3S. The largest absolute Gasteiger partial charge is 0.481 e. The summed E-state index contributed by atoms with van der Waals surface area (Å²) in [6.45, 7) is 5.74. The molecular weight excluding hydrogens is 236 g/mol. The van der Waals surface area contributed by atoms with E-state index in [9.17, 15) is 9.90 Å². The highest BCUT2D eigenvalue weighted by atomic mass is 32.2. The fraction of sp³-hybridized carbons (Fsp3) is 0.462. The summed E-state index contributed by atoms with van der Waals surface area (Å²) in [6, 6.07) is 7.40. The van der Waals surface area contributed by atoms with Crippen LogP contribution in [0.5, 0.6) is 0 Å². The molecule has 0 saturated heterocycles. The predicted octanol–water partition coefficient (Wildman–Crippen LogP) is 2.87. The summed E-state index contributed by atoms with van der Waals surface area (Å²) in [5.74, 6) is -1.00. The molecule has 0 aromatic heterocycles. The summed E-state index contributed by atoms with van der Waals surface area (Å²) < 4.78 is 0. The van der Waals surface area contributed by atoms with Crippen LogP contribution < -0.4 is 0 Å². The average molecular weight is 254 g/mol. The molecule has 0 heterocycles. The van der Waals surface area contributed by atoms with Crippen molar-refractivity contribution < 1.29 is 15.0 Å². The number of thioether (sulfide) groups is 1. The van der Waals surface area contributed by atoms with Crippen molar-refractivity contribution in [3.63, 3.8) is 0 Å². The number of hydrogen-bond acceptors (Lipinski definition) is 3. The Hall–Kier alpha value is -1.00. The van der Waals surface area contributed by atoms with Gasteiger partial charge in [-0.15, -0.1) is 11.8 Å².